The number of thioether (sulfide) groups is 1. The highest BCUT2D eigenvalue weighted by molar-refractivity contribution is 8.00. The van der Waals surface area contributed by atoms with E-state index in [0.29, 0.717) is 19.0 Å². The van der Waals surface area contributed by atoms with Crippen LogP contribution in [0.25, 0.3) is 0 Å². The largest absolute Gasteiger partial charge is 0.490 e. The number of carbonyl (C=O) groups excluding carboxylic acids is 1. The molecule has 4 nitrogen and oxygen atoms in total. The molecule has 0 bridgehead atoms. The molecule has 1 saturated heterocycles. The van der Waals surface area contributed by atoms with Gasteiger partial charge in [0.25, 0.3) is 0 Å². The van der Waals surface area contributed by atoms with E-state index in [4.69, 9.17) is 9.47 Å². The lowest BCUT2D eigenvalue weighted by atomic mass is 10.0. The lowest BCUT2D eigenvalue weighted by molar-refractivity contribution is -0.129. The average molecular weight is 398 g/mol. The number of likely N-dealkylation sites (tertiary alicyclic amines) is 1. The van der Waals surface area contributed by atoms with Gasteiger partial charge in [-0.25, -0.2) is 0 Å². The molecular formula is C23H27NO3S. The molecule has 1 amide bonds. The molecule has 2 aromatic rings. The summed E-state index contributed by atoms with van der Waals surface area (Å²) in [6, 6.07) is 12.7. The van der Waals surface area contributed by atoms with E-state index in [9.17, 15) is 4.79 Å². The van der Waals surface area contributed by atoms with E-state index in [-0.39, 0.29) is 11.9 Å². The van der Waals surface area contributed by atoms with Gasteiger partial charge in [0.1, 0.15) is 0 Å². The van der Waals surface area contributed by atoms with Crippen LogP contribution in [0.1, 0.15) is 42.0 Å². The van der Waals surface area contributed by atoms with E-state index < -0.39 is 0 Å². The van der Waals surface area contributed by atoms with Gasteiger partial charge >= 0.3 is 0 Å². The van der Waals surface area contributed by atoms with E-state index >= 15 is 0 Å². The van der Waals surface area contributed by atoms with Crippen LogP contribution in [0, 0.1) is 13.8 Å². The van der Waals surface area contributed by atoms with Gasteiger partial charge in [-0.15, -0.1) is 11.8 Å². The minimum Gasteiger partial charge on any atom is -0.490 e. The van der Waals surface area contributed by atoms with Gasteiger partial charge in [0, 0.05) is 17.9 Å². The molecule has 0 N–H and O–H groups in total. The SMILES string of the molecule is Cc1ccc(SCC(=O)N2CCC[C@H]2c2ccc3c(c2)OCCCO3)c(C)c1. The number of amides is 1. The number of benzene rings is 2. The van der Waals surface area contributed by atoms with Crippen molar-refractivity contribution >= 4 is 17.7 Å². The van der Waals surface area contributed by atoms with Gasteiger partial charge in [-0.3, -0.25) is 4.79 Å². The molecule has 0 aromatic heterocycles. The number of fused-ring (bicyclic) bond motifs is 1. The molecule has 2 aliphatic heterocycles. The Morgan fingerprint density at radius 2 is 1.89 bits per heavy atom. The van der Waals surface area contributed by atoms with Crippen LogP contribution in [0.15, 0.2) is 41.3 Å². The third-order valence-electron chi connectivity index (χ3n) is 5.41. The number of hydrogen-bond donors (Lipinski definition) is 0. The number of carbonyl (C=O) groups is 1. The predicted octanol–water partition coefficient (Wildman–Crippen LogP) is 4.92. The van der Waals surface area contributed by atoms with Crippen LogP contribution < -0.4 is 9.47 Å². The Morgan fingerprint density at radius 1 is 1.07 bits per heavy atom. The fourth-order valence-electron chi connectivity index (χ4n) is 3.98. The van der Waals surface area contributed by atoms with Crippen molar-refractivity contribution in [1.29, 1.82) is 0 Å². The van der Waals surface area contributed by atoms with Crippen LogP contribution in [0.3, 0.4) is 0 Å². The normalized spacial score (nSPS) is 18.8. The lowest BCUT2D eigenvalue weighted by Gasteiger charge is -2.26. The fraction of sp³-hybridized carbons (Fsp3) is 0.435. The molecule has 0 spiro atoms. The third-order valence-corrected chi connectivity index (χ3v) is 6.57. The Hall–Kier alpha value is -2.14. The molecule has 2 heterocycles. The molecule has 2 aromatic carbocycles. The zero-order chi connectivity index (χ0) is 19.5. The van der Waals surface area contributed by atoms with Crippen LogP contribution in [0.4, 0.5) is 0 Å². The fourth-order valence-corrected chi connectivity index (χ4v) is 4.88. The maximum atomic E-state index is 13.0. The summed E-state index contributed by atoms with van der Waals surface area (Å²) in [5, 5.41) is 0. The second kappa shape index (κ2) is 8.48. The summed E-state index contributed by atoms with van der Waals surface area (Å²) in [5.74, 6) is 2.30. The van der Waals surface area contributed by atoms with Gasteiger partial charge in [0.15, 0.2) is 11.5 Å². The van der Waals surface area contributed by atoms with Crippen molar-refractivity contribution in [2.45, 2.75) is 44.0 Å². The van der Waals surface area contributed by atoms with Gasteiger partial charge in [-0.1, -0.05) is 23.8 Å². The molecule has 5 heteroatoms. The monoisotopic (exact) mass is 397 g/mol. The van der Waals surface area contributed by atoms with Gasteiger partial charge < -0.3 is 14.4 Å². The number of nitrogens with zero attached hydrogens (tertiary/aromatic N) is 1. The Morgan fingerprint density at radius 3 is 2.71 bits per heavy atom. The minimum absolute atomic E-state index is 0.129. The zero-order valence-electron chi connectivity index (χ0n) is 16.6. The molecule has 2 aliphatic rings. The van der Waals surface area contributed by atoms with E-state index in [1.807, 2.05) is 11.0 Å². The van der Waals surface area contributed by atoms with Crippen molar-refractivity contribution < 1.29 is 14.3 Å². The van der Waals surface area contributed by atoms with Crippen molar-refractivity contribution in [2.24, 2.45) is 0 Å². The van der Waals surface area contributed by atoms with Gasteiger partial charge in [-0.05, 0) is 56.0 Å². The highest BCUT2D eigenvalue weighted by Gasteiger charge is 2.30. The smallest absolute Gasteiger partial charge is 0.233 e. The minimum atomic E-state index is 0.129. The zero-order valence-corrected chi connectivity index (χ0v) is 17.4. The topological polar surface area (TPSA) is 38.8 Å². The highest BCUT2D eigenvalue weighted by atomic mass is 32.2. The lowest BCUT2D eigenvalue weighted by Crippen LogP contribution is -2.32. The molecule has 0 radical (unpaired) electrons. The first kappa shape index (κ1) is 19.2. The first-order chi connectivity index (χ1) is 13.6. The summed E-state index contributed by atoms with van der Waals surface area (Å²) >= 11 is 1.64. The Balaban J connectivity index is 1.45. The number of ether oxygens (including phenoxy) is 2. The van der Waals surface area contributed by atoms with Crippen molar-refractivity contribution in [3.63, 3.8) is 0 Å². The van der Waals surface area contributed by atoms with E-state index in [0.717, 1.165) is 42.9 Å². The quantitative estimate of drug-likeness (QED) is 0.687. The highest BCUT2D eigenvalue weighted by Crippen LogP contribution is 2.38. The van der Waals surface area contributed by atoms with Gasteiger partial charge in [-0.2, -0.15) is 0 Å². The number of aryl methyl sites for hydroxylation is 2. The van der Waals surface area contributed by atoms with Gasteiger partial charge in [0.05, 0.1) is 25.0 Å². The molecule has 4 rings (SSSR count). The Bertz CT molecular complexity index is 867. The van der Waals surface area contributed by atoms with Crippen molar-refractivity contribution in [2.75, 3.05) is 25.5 Å². The van der Waals surface area contributed by atoms with Crippen LogP contribution in [0.5, 0.6) is 11.5 Å². The van der Waals surface area contributed by atoms with E-state index in [1.54, 1.807) is 11.8 Å². The molecular weight excluding hydrogens is 370 g/mol. The van der Waals surface area contributed by atoms with Crippen molar-refractivity contribution in [3.05, 3.63) is 53.1 Å². The van der Waals surface area contributed by atoms with Crippen LogP contribution in [-0.2, 0) is 4.79 Å². The summed E-state index contributed by atoms with van der Waals surface area (Å²) in [7, 11) is 0. The van der Waals surface area contributed by atoms with Crippen LogP contribution in [-0.4, -0.2) is 36.3 Å². The first-order valence-corrected chi connectivity index (χ1v) is 11.0. The van der Waals surface area contributed by atoms with Crippen LogP contribution in [0.2, 0.25) is 0 Å². The number of hydrogen-bond acceptors (Lipinski definition) is 4. The molecule has 0 aliphatic carbocycles. The standard InChI is InChI=1S/C23H27NO3S/c1-16-6-9-22(17(2)13-16)28-15-23(25)24-10-3-5-19(24)18-7-8-20-21(14-18)27-12-4-11-26-20/h6-9,13-14,19H,3-5,10-12,15H2,1-2H3/t19-/m0/s1. The number of rotatable bonds is 4. The van der Waals surface area contributed by atoms with Crippen molar-refractivity contribution in [1.82, 2.24) is 4.90 Å². The summed E-state index contributed by atoms with van der Waals surface area (Å²) in [4.78, 5) is 16.2. The summed E-state index contributed by atoms with van der Waals surface area (Å²) in [5.41, 5.74) is 3.63. The Labute approximate surface area is 171 Å². The second-order valence-electron chi connectivity index (χ2n) is 7.56. The maximum absolute atomic E-state index is 13.0. The molecule has 1 atom stereocenters. The van der Waals surface area contributed by atoms with E-state index in [2.05, 4.69) is 44.2 Å². The van der Waals surface area contributed by atoms with Gasteiger partial charge in [0.2, 0.25) is 5.91 Å². The molecule has 28 heavy (non-hydrogen) atoms. The van der Waals surface area contributed by atoms with Crippen LogP contribution >= 0.6 is 11.8 Å². The second-order valence-corrected chi connectivity index (χ2v) is 8.58. The summed E-state index contributed by atoms with van der Waals surface area (Å²) < 4.78 is 11.6. The van der Waals surface area contributed by atoms with Crippen molar-refractivity contribution in [3.8, 4) is 11.5 Å². The first-order valence-electron chi connectivity index (χ1n) is 10.0. The third kappa shape index (κ3) is 4.14. The molecule has 1 fully saturated rings. The summed E-state index contributed by atoms with van der Waals surface area (Å²) in [6.07, 6.45) is 2.94. The Kier molecular flexibility index (Phi) is 5.81. The maximum Gasteiger partial charge on any atom is 0.233 e. The predicted molar refractivity (Wildman–Crippen MR) is 112 cm³/mol. The molecule has 0 saturated carbocycles. The molecule has 148 valence electrons. The average Bonchev–Trinajstić information content (AvgIpc) is 3.06. The summed E-state index contributed by atoms with van der Waals surface area (Å²) in [6.45, 7) is 6.39. The molecule has 0 unspecified atom stereocenters. The van der Waals surface area contributed by atoms with E-state index in [1.165, 1.54) is 16.0 Å².